The maximum Gasteiger partial charge on any atom is 0.256 e. The zero-order chi connectivity index (χ0) is 13.0. The van der Waals surface area contributed by atoms with Crippen LogP contribution in [0, 0.1) is 6.92 Å². The van der Waals surface area contributed by atoms with Gasteiger partial charge in [-0.1, -0.05) is 60.2 Å². The third-order valence-corrected chi connectivity index (χ3v) is 2.91. The standard InChI is InChI=1S/C15H13NOS/c1-11-7-9-13(10-8-11)15(18)16-14(17)12-5-3-2-4-6-12/h2-10H,1H3,(H,16,17,18). The van der Waals surface area contributed by atoms with E-state index in [0.717, 1.165) is 11.1 Å². The van der Waals surface area contributed by atoms with E-state index in [0.29, 0.717) is 10.6 Å². The molecule has 2 rings (SSSR count). The Morgan fingerprint density at radius 1 is 0.944 bits per heavy atom. The van der Waals surface area contributed by atoms with Crippen LogP contribution in [0.1, 0.15) is 21.5 Å². The number of thiocarbonyl (C=S) groups is 1. The second-order valence-electron chi connectivity index (χ2n) is 4.02. The normalized spacial score (nSPS) is 9.83. The molecule has 0 bridgehead atoms. The van der Waals surface area contributed by atoms with E-state index in [-0.39, 0.29) is 5.91 Å². The fraction of sp³-hybridized carbons (Fsp3) is 0.0667. The molecule has 0 fully saturated rings. The maximum atomic E-state index is 11.9. The molecule has 0 saturated heterocycles. The molecule has 3 heteroatoms. The molecule has 18 heavy (non-hydrogen) atoms. The van der Waals surface area contributed by atoms with Crippen LogP contribution >= 0.6 is 12.2 Å². The second kappa shape index (κ2) is 5.56. The van der Waals surface area contributed by atoms with E-state index in [1.54, 1.807) is 12.1 Å². The van der Waals surface area contributed by atoms with Gasteiger partial charge >= 0.3 is 0 Å². The predicted octanol–water partition coefficient (Wildman–Crippen LogP) is 3.10. The molecule has 2 aromatic rings. The first kappa shape index (κ1) is 12.5. The first-order valence-electron chi connectivity index (χ1n) is 5.64. The van der Waals surface area contributed by atoms with Gasteiger partial charge in [0.25, 0.3) is 5.91 Å². The van der Waals surface area contributed by atoms with Crippen molar-refractivity contribution in [1.29, 1.82) is 0 Å². The second-order valence-corrected chi connectivity index (χ2v) is 4.42. The summed E-state index contributed by atoms with van der Waals surface area (Å²) in [5.74, 6) is -0.179. The zero-order valence-electron chi connectivity index (χ0n) is 10.0. The Bertz CT molecular complexity index is 561. The number of rotatable bonds is 2. The smallest absolute Gasteiger partial charge is 0.256 e. The van der Waals surface area contributed by atoms with Gasteiger partial charge in [0.05, 0.1) is 0 Å². The molecule has 1 amide bonds. The van der Waals surface area contributed by atoms with Crippen molar-refractivity contribution >= 4 is 23.1 Å². The lowest BCUT2D eigenvalue weighted by Crippen LogP contribution is -2.29. The van der Waals surface area contributed by atoms with E-state index in [1.807, 2.05) is 49.4 Å². The van der Waals surface area contributed by atoms with Crippen molar-refractivity contribution in [1.82, 2.24) is 5.32 Å². The lowest BCUT2D eigenvalue weighted by Gasteiger charge is -2.07. The first-order chi connectivity index (χ1) is 8.66. The molecule has 0 aromatic heterocycles. The van der Waals surface area contributed by atoms with Crippen molar-refractivity contribution in [3.63, 3.8) is 0 Å². The first-order valence-corrected chi connectivity index (χ1v) is 6.05. The Balaban J connectivity index is 2.08. The SMILES string of the molecule is Cc1ccc(C(=S)NC(=O)c2ccccc2)cc1. The van der Waals surface area contributed by atoms with E-state index in [4.69, 9.17) is 12.2 Å². The van der Waals surface area contributed by atoms with Crippen molar-refractivity contribution in [2.45, 2.75) is 6.92 Å². The molecule has 0 aliphatic heterocycles. The minimum atomic E-state index is -0.179. The van der Waals surface area contributed by atoms with E-state index < -0.39 is 0 Å². The highest BCUT2D eigenvalue weighted by molar-refractivity contribution is 7.80. The Morgan fingerprint density at radius 3 is 2.17 bits per heavy atom. The molecule has 0 aliphatic rings. The summed E-state index contributed by atoms with van der Waals surface area (Å²) in [4.78, 5) is 12.3. The van der Waals surface area contributed by atoms with E-state index in [9.17, 15) is 4.79 Å². The molecular formula is C15H13NOS. The Morgan fingerprint density at radius 2 is 1.56 bits per heavy atom. The van der Waals surface area contributed by atoms with Gasteiger partial charge in [-0.3, -0.25) is 4.79 Å². The lowest BCUT2D eigenvalue weighted by atomic mass is 10.1. The van der Waals surface area contributed by atoms with Gasteiger partial charge in [0.15, 0.2) is 0 Å². The highest BCUT2D eigenvalue weighted by atomic mass is 32.1. The van der Waals surface area contributed by atoms with Crippen LogP contribution in [0.3, 0.4) is 0 Å². The maximum absolute atomic E-state index is 11.9. The fourth-order valence-electron chi connectivity index (χ4n) is 1.54. The number of carbonyl (C=O) groups excluding carboxylic acids is 1. The molecule has 0 aliphatic carbocycles. The summed E-state index contributed by atoms with van der Waals surface area (Å²) >= 11 is 5.21. The highest BCUT2D eigenvalue weighted by Gasteiger charge is 2.08. The van der Waals surface area contributed by atoms with E-state index >= 15 is 0 Å². The Hall–Kier alpha value is -2.00. The van der Waals surface area contributed by atoms with Gasteiger partial charge in [0.2, 0.25) is 0 Å². The average Bonchev–Trinajstić information content (AvgIpc) is 2.40. The van der Waals surface area contributed by atoms with Crippen LogP contribution in [0.5, 0.6) is 0 Å². The van der Waals surface area contributed by atoms with Gasteiger partial charge in [-0.25, -0.2) is 0 Å². The number of amides is 1. The van der Waals surface area contributed by atoms with E-state index in [2.05, 4.69) is 5.32 Å². The number of nitrogens with one attached hydrogen (secondary N) is 1. The third-order valence-electron chi connectivity index (χ3n) is 2.58. The van der Waals surface area contributed by atoms with Gasteiger partial charge in [-0.05, 0) is 19.1 Å². The number of carbonyl (C=O) groups is 1. The van der Waals surface area contributed by atoms with E-state index in [1.165, 1.54) is 0 Å². The molecule has 0 heterocycles. The average molecular weight is 255 g/mol. The highest BCUT2D eigenvalue weighted by Crippen LogP contribution is 2.05. The van der Waals surface area contributed by atoms with Gasteiger partial charge < -0.3 is 5.32 Å². The summed E-state index contributed by atoms with van der Waals surface area (Å²) in [5.41, 5.74) is 2.61. The van der Waals surface area contributed by atoms with Gasteiger partial charge in [0.1, 0.15) is 4.99 Å². The monoisotopic (exact) mass is 255 g/mol. The summed E-state index contributed by atoms with van der Waals surface area (Å²) in [6, 6.07) is 16.8. The number of benzene rings is 2. The summed E-state index contributed by atoms with van der Waals surface area (Å²) in [6.45, 7) is 2.01. The van der Waals surface area contributed by atoms with Crippen LogP contribution in [0.25, 0.3) is 0 Å². The molecule has 2 aromatic carbocycles. The number of hydrogen-bond donors (Lipinski definition) is 1. The third kappa shape index (κ3) is 3.02. The zero-order valence-corrected chi connectivity index (χ0v) is 10.8. The number of hydrogen-bond acceptors (Lipinski definition) is 2. The Labute approximate surface area is 112 Å². The van der Waals surface area contributed by atoms with Crippen molar-refractivity contribution in [3.8, 4) is 0 Å². The minimum absolute atomic E-state index is 0.179. The molecule has 90 valence electrons. The van der Waals surface area contributed by atoms with Crippen molar-refractivity contribution in [2.24, 2.45) is 0 Å². The lowest BCUT2D eigenvalue weighted by molar-refractivity contribution is 0.0978. The summed E-state index contributed by atoms with van der Waals surface area (Å²) in [5, 5.41) is 2.72. The van der Waals surface area contributed by atoms with Crippen LogP contribution in [0.4, 0.5) is 0 Å². The minimum Gasteiger partial charge on any atom is -0.312 e. The molecule has 0 spiro atoms. The van der Waals surface area contributed by atoms with Crippen LogP contribution in [0.2, 0.25) is 0 Å². The topological polar surface area (TPSA) is 29.1 Å². The molecule has 1 N–H and O–H groups in total. The van der Waals surface area contributed by atoms with Gasteiger partial charge in [-0.2, -0.15) is 0 Å². The van der Waals surface area contributed by atoms with Crippen molar-refractivity contribution < 1.29 is 4.79 Å². The summed E-state index contributed by atoms with van der Waals surface area (Å²) < 4.78 is 0. The molecule has 2 nitrogen and oxygen atoms in total. The van der Waals surface area contributed by atoms with Crippen LogP contribution < -0.4 is 5.32 Å². The van der Waals surface area contributed by atoms with Crippen molar-refractivity contribution in [2.75, 3.05) is 0 Å². The van der Waals surface area contributed by atoms with Crippen molar-refractivity contribution in [3.05, 3.63) is 71.3 Å². The molecule has 0 atom stereocenters. The predicted molar refractivity (Wildman–Crippen MR) is 76.8 cm³/mol. The molecular weight excluding hydrogens is 242 g/mol. The fourth-order valence-corrected chi connectivity index (χ4v) is 1.77. The van der Waals surface area contributed by atoms with Crippen LogP contribution in [-0.4, -0.2) is 10.9 Å². The van der Waals surface area contributed by atoms with Crippen LogP contribution in [-0.2, 0) is 0 Å². The van der Waals surface area contributed by atoms with Gasteiger partial charge in [0, 0.05) is 11.1 Å². The molecule has 0 radical (unpaired) electrons. The quantitative estimate of drug-likeness (QED) is 0.835. The Kier molecular flexibility index (Phi) is 3.85. The largest absolute Gasteiger partial charge is 0.312 e. The van der Waals surface area contributed by atoms with Gasteiger partial charge in [-0.15, -0.1) is 0 Å². The summed E-state index contributed by atoms with van der Waals surface area (Å²) in [6.07, 6.45) is 0. The molecule has 0 saturated carbocycles. The number of aryl methyl sites for hydroxylation is 1. The molecule has 0 unspecified atom stereocenters. The summed E-state index contributed by atoms with van der Waals surface area (Å²) in [7, 11) is 0. The van der Waals surface area contributed by atoms with Crippen LogP contribution in [0.15, 0.2) is 54.6 Å².